The molecule has 18 heavy (non-hydrogen) atoms. The highest BCUT2D eigenvalue weighted by atomic mass is 16.5. The van der Waals surface area contributed by atoms with Crippen molar-refractivity contribution in [1.82, 2.24) is 0 Å². The van der Waals surface area contributed by atoms with Crippen molar-refractivity contribution in [3.05, 3.63) is 36.5 Å². The number of rotatable bonds is 10. The first-order valence-corrected chi connectivity index (χ1v) is 6.89. The van der Waals surface area contributed by atoms with Gasteiger partial charge in [0.15, 0.2) is 0 Å². The lowest BCUT2D eigenvalue weighted by Crippen LogP contribution is -1.96. The average molecular weight is 250 g/mol. The Hall–Kier alpha value is -1.31. The molecule has 0 aromatic carbocycles. The summed E-state index contributed by atoms with van der Waals surface area (Å²) in [7, 11) is 0. The number of esters is 1. The van der Waals surface area contributed by atoms with E-state index in [0.717, 1.165) is 6.42 Å². The Bertz CT molecular complexity index is 275. The van der Waals surface area contributed by atoms with Crippen molar-refractivity contribution >= 4 is 5.97 Å². The first-order chi connectivity index (χ1) is 8.77. The van der Waals surface area contributed by atoms with Crippen LogP contribution in [0, 0.1) is 0 Å². The normalized spacial score (nSPS) is 11.9. The fourth-order valence-corrected chi connectivity index (χ4v) is 1.47. The topological polar surface area (TPSA) is 26.3 Å². The molecule has 0 spiro atoms. The molecule has 0 heterocycles. The Morgan fingerprint density at radius 1 is 0.944 bits per heavy atom. The summed E-state index contributed by atoms with van der Waals surface area (Å²) in [5, 5.41) is 0. The second-order valence-electron chi connectivity index (χ2n) is 4.25. The molecule has 2 nitrogen and oxygen atoms in total. The van der Waals surface area contributed by atoms with E-state index in [2.05, 4.69) is 19.1 Å². The minimum atomic E-state index is -0.244. The zero-order chi connectivity index (χ0) is 13.5. The van der Waals surface area contributed by atoms with Crippen molar-refractivity contribution in [3.8, 4) is 0 Å². The molecular formula is C16H26O2. The largest absolute Gasteiger partial charge is 0.462 e. The van der Waals surface area contributed by atoms with Crippen LogP contribution in [0.15, 0.2) is 36.5 Å². The van der Waals surface area contributed by atoms with E-state index in [1.807, 2.05) is 24.3 Å². The van der Waals surface area contributed by atoms with Gasteiger partial charge in [0.25, 0.3) is 0 Å². The van der Waals surface area contributed by atoms with Crippen LogP contribution in [-0.4, -0.2) is 12.6 Å². The lowest BCUT2D eigenvalue weighted by molar-refractivity contribution is -0.139. The lowest BCUT2D eigenvalue weighted by Gasteiger charge is -1.95. The number of hydrogen-bond donors (Lipinski definition) is 0. The zero-order valence-electron chi connectivity index (χ0n) is 11.7. The molecule has 0 fully saturated rings. The van der Waals surface area contributed by atoms with Crippen LogP contribution in [0.1, 0.15) is 52.4 Å². The molecule has 0 aliphatic rings. The average Bonchev–Trinajstić information content (AvgIpc) is 2.34. The summed E-state index contributed by atoms with van der Waals surface area (Å²) in [5.74, 6) is -0.244. The summed E-state index contributed by atoms with van der Waals surface area (Å²) in [6, 6.07) is 0. The van der Waals surface area contributed by atoms with Crippen LogP contribution in [0.3, 0.4) is 0 Å². The maximum Gasteiger partial charge on any atom is 0.302 e. The number of carbonyl (C=O) groups excluding carboxylic acids is 1. The Balaban J connectivity index is 3.37. The van der Waals surface area contributed by atoms with Gasteiger partial charge in [-0.1, -0.05) is 63.0 Å². The second kappa shape index (κ2) is 13.8. The molecule has 0 bridgehead atoms. The number of hydrogen-bond acceptors (Lipinski definition) is 2. The predicted molar refractivity (Wildman–Crippen MR) is 77.4 cm³/mol. The van der Waals surface area contributed by atoms with Crippen molar-refractivity contribution in [2.75, 3.05) is 6.61 Å². The molecule has 0 aromatic rings. The molecule has 0 aliphatic carbocycles. The molecule has 102 valence electrons. The van der Waals surface area contributed by atoms with Gasteiger partial charge in [-0.05, 0) is 18.9 Å². The van der Waals surface area contributed by atoms with Crippen molar-refractivity contribution in [3.63, 3.8) is 0 Å². The predicted octanol–water partition coefficient (Wildman–Crippen LogP) is 4.58. The van der Waals surface area contributed by atoms with Crippen molar-refractivity contribution in [2.24, 2.45) is 0 Å². The molecule has 0 saturated heterocycles. The molecule has 2 heteroatoms. The molecule has 0 aromatic heterocycles. The Kier molecular flexibility index (Phi) is 12.8. The third kappa shape index (κ3) is 14.7. The number of carbonyl (C=O) groups is 1. The summed E-state index contributed by atoms with van der Waals surface area (Å²) >= 11 is 0. The lowest BCUT2D eigenvalue weighted by atomic mass is 10.1. The minimum Gasteiger partial charge on any atom is -0.462 e. The monoisotopic (exact) mass is 250 g/mol. The first-order valence-electron chi connectivity index (χ1n) is 6.89. The number of ether oxygens (including phenoxy) is 1. The maximum atomic E-state index is 10.5. The van der Waals surface area contributed by atoms with Crippen LogP contribution in [0.5, 0.6) is 0 Å². The van der Waals surface area contributed by atoms with Gasteiger partial charge < -0.3 is 4.74 Å². The fourth-order valence-electron chi connectivity index (χ4n) is 1.47. The highest BCUT2D eigenvalue weighted by Gasteiger charge is 1.86. The third-order valence-electron chi connectivity index (χ3n) is 2.46. The van der Waals surface area contributed by atoms with E-state index in [4.69, 9.17) is 4.74 Å². The third-order valence-corrected chi connectivity index (χ3v) is 2.46. The van der Waals surface area contributed by atoms with E-state index in [0.29, 0.717) is 6.61 Å². The van der Waals surface area contributed by atoms with Crippen LogP contribution in [-0.2, 0) is 9.53 Å². The summed E-state index contributed by atoms with van der Waals surface area (Å²) in [4.78, 5) is 10.5. The Morgan fingerprint density at radius 2 is 1.61 bits per heavy atom. The molecule has 0 amide bonds. The molecular weight excluding hydrogens is 224 g/mol. The Morgan fingerprint density at radius 3 is 2.28 bits per heavy atom. The molecule has 0 radical (unpaired) electrons. The van der Waals surface area contributed by atoms with Crippen molar-refractivity contribution in [2.45, 2.75) is 52.4 Å². The highest BCUT2D eigenvalue weighted by Crippen LogP contribution is 2.05. The highest BCUT2D eigenvalue weighted by molar-refractivity contribution is 5.65. The van der Waals surface area contributed by atoms with Gasteiger partial charge in [0, 0.05) is 6.92 Å². The van der Waals surface area contributed by atoms with Crippen molar-refractivity contribution in [1.29, 1.82) is 0 Å². The van der Waals surface area contributed by atoms with Gasteiger partial charge in [-0.3, -0.25) is 4.79 Å². The zero-order valence-corrected chi connectivity index (χ0v) is 11.7. The summed E-state index contributed by atoms with van der Waals surface area (Å²) in [5.41, 5.74) is 0. The first kappa shape index (κ1) is 16.7. The smallest absolute Gasteiger partial charge is 0.302 e. The van der Waals surface area contributed by atoms with E-state index in [-0.39, 0.29) is 5.97 Å². The van der Waals surface area contributed by atoms with Gasteiger partial charge in [-0.2, -0.15) is 0 Å². The molecule has 0 unspecified atom stereocenters. The van der Waals surface area contributed by atoms with Gasteiger partial charge in [-0.25, -0.2) is 0 Å². The van der Waals surface area contributed by atoms with Gasteiger partial charge >= 0.3 is 5.97 Å². The van der Waals surface area contributed by atoms with Crippen molar-refractivity contribution < 1.29 is 9.53 Å². The second-order valence-corrected chi connectivity index (χ2v) is 4.25. The molecule has 0 N–H and O–H groups in total. The summed E-state index contributed by atoms with van der Waals surface area (Å²) in [6.45, 7) is 3.99. The molecule has 0 saturated carbocycles. The van der Waals surface area contributed by atoms with Crippen LogP contribution in [0.2, 0.25) is 0 Å². The SMILES string of the molecule is CCCCCCCC=CC=CC=CCOC(C)=O. The standard InChI is InChI=1S/C16H26O2/c1-3-4-5-6-7-8-9-10-11-12-13-14-15-18-16(2)17/h9-14H,3-8,15H2,1-2H3. The fraction of sp³-hybridized carbons (Fsp3) is 0.562. The van der Waals surface area contributed by atoms with Gasteiger partial charge in [0.2, 0.25) is 0 Å². The molecule has 0 aliphatic heterocycles. The minimum absolute atomic E-state index is 0.244. The van der Waals surface area contributed by atoms with Crippen LogP contribution in [0.25, 0.3) is 0 Å². The molecule has 0 rings (SSSR count). The maximum absolute atomic E-state index is 10.5. The van der Waals surface area contributed by atoms with E-state index in [1.165, 1.54) is 39.0 Å². The van der Waals surface area contributed by atoms with E-state index >= 15 is 0 Å². The van der Waals surface area contributed by atoms with Gasteiger partial charge in [0.1, 0.15) is 6.61 Å². The van der Waals surface area contributed by atoms with Crippen LogP contribution in [0.4, 0.5) is 0 Å². The van der Waals surface area contributed by atoms with Crippen LogP contribution < -0.4 is 0 Å². The quantitative estimate of drug-likeness (QED) is 0.322. The van der Waals surface area contributed by atoms with E-state index < -0.39 is 0 Å². The van der Waals surface area contributed by atoms with Crippen LogP contribution >= 0.6 is 0 Å². The Labute approximate surface area is 111 Å². The van der Waals surface area contributed by atoms with E-state index in [1.54, 1.807) is 0 Å². The number of allylic oxidation sites excluding steroid dienone is 5. The molecule has 0 atom stereocenters. The summed E-state index contributed by atoms with van der Waals surface area (Å²) in [6.07, 6.45) is 19.7. The van der Waals surface area contributed by atoms with E-state index in [9.17, 15) is 4.79 Å². The summed E-state index contributed by atoms with van der Waals surface area (Å²) < 4.78 is 4.76. The van der Waals surface area contributed by atoms with Gasteiger partial charge in [0.05, 0.1) is 0 Å². The van der Waals surface area contributed by atoms with Gasteiger partial charge in [-0.15, -0.1) is 0 Å². The number of unbranched alkanes of at least 4 members (excludes halogenated alkanes) is 5.